The number of methoxy groups -OCH3 is 1. The van der Waals surface area contributed by atoms with E-state index in [0.717, 1.165) is 30.1 Å². The van der Waals surface area contributed by atoms with Gasteiger partial charge in [-0.05, 0) is 34.5 Å². The smallest absolute Gasteiger partial charge is 0.310 e. The number of piperazine rings is 1. The van der Waals surface area contributed by atoms with Crippen LogP contribution in [0.3, 0.4) is 0 Å². The van der Waals surface area contributed by atoms with Gasteiger partial charge in [0.1, 0.15) is 5.75 Å². The van der Waals surface area contributed by atoms with Crippen LogP contribution < -0.4 is 9.64 Å². The highest BCUT2D eigenvalue weighted by Crippen LogP contribution is 2.28. The van der Waals surface area contributed by atoms with Gasteiger partial charge in [0, 0.05) is 26.2 Å². The fourth-order valence-electron chi connectivity index (χ4n) is 2.93. The van der Waals surface area contributed by atoms with Crippen molar-refractivity contribution < 1.29 is 19.1 Å². The summed E-state index contributed by atoms with van der Waals surface area (Å²) >= 11 is 1.53. The normalized spacial score (nSPS) is 14.2. The maximum atomic E-state index is 12.3. The maximum absolute atomic E-state index is 12.3. The zero-order chi connectivity index (χ0) is 18.4. The van der Waals surface area contributed by atoms with Crippen LogP contribution in [0.25, 0.3) is 0 Å². The van der Waals surface area contributed by atoms with Crippen molar-refractivity contribution in [2.24, 2.45) is 0 Å². The molecule has 1 aliphatic heterocycles. The van der Waals surface area contributed by atoms with Gasteiger partial charge in [0.05, 0.1) is 19.2 Å². The van der Waals surface area contributed by atoms with Gasteiger partial charge in [0.25, 0.3) is 5.91 Å². The summed E-state index contributed by atoms with van der Waals surface area (Å²) in [5.74, 6) is 0.308. The lowest BCUT2D eigenvalue weighted by atomic mass is 10.2. The van der Waals surface area contributed by atoms with Gasteiger partial charge in [-0.1, -0.05) is 12.1 Å². The molecule has 1 aromatic carbocycles. The summed E-state index contributed by atoms with van der Waals surface area (Å²) in [5, 5.41) is 3.81. The third-order valence-corrected chi connectivity index (χ3v) is 5.08. The molecule has 0 atom stereocenters. The summed E-state index contributed by atoms with van der Waals surface area (Å²) in [6, 6.07) is 9.74. The lowest BCUT2D eigenvalue weighted by Gasteiger charge is -2.36. The summed E-state index contributed by atoms with van der Waals surface area (Å²) in [7, 11) is 1.66. The molecular weight excluding hydrogens is 352 g/mol. The Bertz CT molecular complexity index is 740. The molecule has 26 heavy (non-hydrogen) atoms. The fraction of sp³-hybridized carbons (Fsp3) is 0.368. The third-order valence-electron chi connectivity index (χ3n) is 4.34. The molecule has 0 unspecified atom stereocenters. The first kappa shape index (κ1) is 18.3. The molecule has 0 bridgehead atoms. The van der Waals surface area contributed by atoms with Crippen molar-refractivity contribution in [1.82, 2.24) is 4.90 Å². The van der Waals surface area contributed by atoms with E-state index in [4.69, 9.17) is 9.47 Å². The molecule has 0 N–H and O–H groups in total. The average Bonchev–Trinajstić information content (AvgIpc) is 3.19. The number of rotatable bonds is 6. The fourth-order valence-corrected chi connectivity index (χ4v) is 3.60. The number of para-hydroxylation sites is 2. The van der Waals surface area contributed by atoms with Gasteiger partial charge < -0.3 is 19.3 Å². The van der Waals surface area contributed by atoms with Gasteiger partial charge in [-0.2, -0.15) is 11.3 Å². The molecule has 1 aromatic heterocycles. The number of esters is 1. The number of nitrogens with zero attached hydrogens (tertiary/aromatic N) is 2. The topological polar surface area (TPSA) is 59.1 Å². The SMILES string of the molecule is COc1ccccc1N1CCN(C(=O)COC(=O)Cc2ccsc2)CC1. The predicted octanol–water partition coefficient (Wildman–Crippen LogP) is 2.19. The van der Waals surface area contributed by atoms with Gasteiger partial charge in [-0.15, -0.1) is 0 Å². The van der Waals surface area contributed by atoms with E-state index in [-0.39, 0.29) is 24.9 Å². The number of hydrogen-bond donors (Lipinski definition) is 0. The number of anilines is 1. The van der Waals surface area contributed by atoms with Crippen LogP contribution in [0.15, 0.2) is 41.1 Å². The van der Waals surface area contributed by atoms with Crippen LogP contribution in [0, 0.1) is 0 Å². The molecule has 138 valence electrons. The molecule has 3 rings (SSSR count). The first-order chi connectivity index (χ1) is 12.7. The summed E-state index contributed by atoms with van der Waals surface area (Å²) in [6.45, 7) is 2.43. The number of carbonyl (C=O) groups excluding carboxylic acids is 2. The van der Waals surface area contributed by atoms with E-state index in [2.05, 4.69) is 4.90 Å². The molecule has 6 nitrogen and oxygen atoms in total. The number of benzene rings is 1. The molecule has 1 aliphatic rings. The molecule has 1 saturated heterocycles. The molecule has 2 heterocycles. The second kappa shape index (κ2) is 8.71. The molecule has 0 saturated carbocycles. The van der Waals surface area contributed by atoms with Crippen LogP contribution >= 0.6 is 11.3 Å². The Morgan fingerprint density at radius 2 is 1.88 bits per heavy atom. The van der Waals surface area contributed by atoms with E-state index in [1.807, 2.05) is 41.1 Å². The van der Waals surface area contributed by atoms with Gasteiger partial charge in [0.15, 0.2) is 6.61 Å². The van der Waals surface area contributed by atoms with E-state index in [0.29, 0.717) is 13.1 Å². The zero-order valence-electron chi connectivity index (χ0n) is 14.7. The third kappa shape index (κ3) is 4.54. The van der Waals surface area contributed by atoms with Crippen molar-refractivity contribution in [2.45, 2.75) is 6.42 Å². The van der Waals surface area contributed by atoms with E-state index in [9.17, 15) is 9.59 Å². The van der Waals surface area contributed by atoms with Crippen LogP contribution in [0.4, 0.5) is 5.69 Å². The standard InChI is InChI=1S/C19H22N2O4S/c1-24-17-5-3-2-4-16(17)20-7-9-21(10-8-20)18(22)13-25-19(23)12-15-6-11-26-14-15/h2-6,11,14H,7-10,12-13H2,1H3. The van der Waals surface area contributed by atoms with E-state index >= 15 is 0 Å². The highest BCUT2D eigenvalue weighted by Gasteiger charge is 2.23. The molecule has 7 heteroatoms. The highest BCUT2D eigenvalue weighted by molar-refractivity contribution is 7.07. The second-order valence-corrected chi connectivity index (χ2v) is 6.79. The Balaban J connectivity index is 1.45. The van der Waals surface area contributed by atoms with Gasteiger partial charge in [0.2, 0.25) is 0 Å². The first-order valence-corrected chi connectivity index (χ1v) is 9.44. The largest absolute Gasteiger partial charge is 0.495 e. The van der Waals surface area contributed by atoms with Crippen molar-refractivity contribution in [3.05, 3.63) is 46.7 Å². The molecule has 0 aliphatic carbocycles. The van der Waals surface area contributed by atoms with Crippen LogP contribution in [-0.2, 0) is 20.7 Å². The number of hydrogen-bond acceptors (Lipinski definition) is 6. The minimum atomic E-state index is -0.371. The second-order valence-electron chi connectivity index (χ2n) is 6.01. The molecule has 2 aromatic rings. The predicted molar refractivity (Wildman–Crippen MR) is 101 cm³/mol. The average molecular weight is 374 g/mol. The molecule has 0 radical (unpaired) electrons. The van der Waals surface area contributed by atoms with Crippen LogP contribution in [0.1, 0.15) is 5.56 Å². The molecule has 1 fully saturated rings. The van der Waals surface area contributed by atoms with E-state index < -0.39 is 0 Å². The summed E-state index contributed by atoms with van der Waals surface area (Å²) < 4.78 is 10.5. The molecular formula is C19H22N2O4S. The number of thiophene rings is 1. The van der Waals surface area contributed by atoms with Crippen molar-refractivity contribution in [3.8, 4) is 5.75 Å². The Hall–Kier alpha value is -2.54. The van der Waals surface area contributed by atoms with Crippen molar-refractivity contribution in [1.29, 1.82) is 0 Å². The maximum Gasteiger partial charge on any atom is 0.310 e. The van der Waals surface area contributed by atoms with Crippen LogP contribution in [0.2, 0.25) is 0 Å². The number of ether oxygens (including phenoxy) is 2. The molecule has 0 spiro atoms. The minimum absolute atomic E-state index is 0.150. The summed E-state index contributed by atoms with van der Waals surface area (Å²) in [5.41, 5.74) is 1.95. The lowest BCUT2D eigenvalue weighted by Crippen LogP contribution is -2.50. The number of amides is 1. The first-order valence-electron chi connectivity index (χ1n) is 8.50. The van der Waals surface area contributed by atoms with Crippen LogP contribution in [0.5, 0.6) is 5.75 Å². The Labute approximate surface area is 156 Å². The Morgan fingerprint density at radius 1 is 1.12 bits per heavy atom. The summed E-state index contributed by atoms with van der Waals surface area (Å²) in [6.07, 6.45) is 0.207. The van der Waals surface area contributed by atoms with Crippen molar-refractivity contribution in [3.63, 3.8) is 0 Å². The van der Waals surface area contributed by atoms with Crippen LogP contribution in [-0.4, -0.2) is 56.7 Å². The zero-order valence-corrected chi connectivity index (χ0v) is 15.5. The van der Waals surface area contributed by atoms with E-state index in [1.54, 1.807) is 12.0 Å². The summed E-state index contributed by atoms with van der Waals surface area (Å²) in [4.78, 5) is 28.0. The number of carbonyl (C=O) groups is 2. The molecule has 1 amide bonds. The monoisotopic (exact) mass is 374 g/mol. The van der Waals surface area contributed by atoms with Gasteiger partial charge in [-0.25, -0.2) is 0 Å². The Morgan fingerprint density at radius 3 is 2.58 bits per heavy atom. The van der Waals surface area contributed by atoms with Crippen molar-refractivity contribution >= 4 is 28.9 Å². The highest BCUT2D eigenvalue weighted by atomic mass is 32.1. The van der Waals surface area contributed by atoms with Gasteiger partial charge >= 0.3 is 5.97 Å². The lowest BCUT2D eigenvalue weighted by molar-refractivity contribution is -0.151. The van der Waals surface area contributed by atoms with Gasteiger partial charge in [-0.3, -0.25) is 9.59 Å². The van der Waals surface area contributed by atoms with E-state index in [1.165, 1.54) is 11.3 Å². The Kier molecular flexibility index (Phi) is 6.12. The minimum Gasteiger partial charge on any atom is -0.495 e. The van der Waals surface area contributed by atoms with Crippen molar-refractivity contribution in [2.75, 3.05) is 44.8 Å². The quantitative estimate of drug-likeness (QED) is 0.726.